The summed E-state index contributed by atoms with van der Waals surface area (Å²) in [5.41, 5.74) is 1.01. The number of carbonyl (C=O) groups is 1. The Hall–Kier alpha value is -1.60. The van der Waals surface area contributed by atoms with Gasteiger partial charge in [-0.25, -0.2) is 12.7 Å². The predicted molar refractivity (Wildman–Crippen MR) is 93.2 cm³/mol. The molecule has 0 bridgehead atoms. The van der Waals surface area contributed by atoms with Crippen LogP contribution in [0.3, 0.4) is 0 Å². The summed E-state index contributed by atoms with van der Waals surface area (Å²) >= 11 is 0. The molecule has 24 heavy (non-hydrogen) atoms. The van der Waals surface area contributed by atoms with E-state index in [0.29, 0.717) is 19.6 Å². The Kier molecular flexibility index (Phi) is 6.23. The molecule has 1 atom stereocenters. The standard InChI is InChI=1S/C17H26N2O4S/c1-4-24(21,22)19-11-5-6-15(13-19)17(20)18(2)12-14-7-9-16(23-3)10-8-14/h7-10,15H,4-6,11-13H2,1-3H3. The Morgan fingerprint density at radius 2 is 2.00 bits per heavy atom. The largest absolute Gasteiger partial charge is 0.497 e. The number of rotatable bonds is 6. The minimum absolute atomic E-state index is 0.00169. The Labute approximate surface area is 144 Å². The molecular weight excluding hydrogens is 328 g/mol. The van der Waals surface area contributed by atoms with Crippen LogP contribution < -0.4 is 4.74 Å². The zero-order valence-electron chi connectivity index (χ0n) is 14.6. The summed E-state index contributed by atoms with van der Waals surface area (Å²) in [6.45, 7) is 2.94. The molecule has 1 saturated heterocycles. The van der Waals surface area contributed by atoms with E-state index in [1.807, 2.05) is 24.3 Å². The fraction of sp³-hybridized carbons (Fsp3) is 0.588. The topological polar surface area (TPSA) is 66.9 Å². The minimum Gasteiger partial charge on any atom is -0.497 e. The fourth-order valence-corrected chi connectivity index (χ4v) is 4.15. The van der Waals surface area contributed by atoms with Gasteiger partial charge in [0.25, 0.3) is 0 Å². The van der Waals surface area contributed by atoms with Gasteiger partial charge in [0.2, 0.25) is 15.9 Å². The highest BCUT2D eigenvalue weighted by Crippen LogP contribution is 2.22. The molecule has 0 aromatic heterocycles. The minimum atomic E-state index is -3.23. The molecule has 0 spiro atoms. The van der Waals surface area contributed by atoms with Gasteiger partial charge in [-0.3, -0.25) is 4.79 Å². The highest BCUT2D eigenvalue weighted by Gasteiger charge is 2.32. The van der Waals surface area contributed by atoms with Gasteiger partial charge in [-0.05, 0) is 37.5 Å². The molecule has 0 aliphatic carbocycles. The summed E-state index contributed by atoms with van der Waals surface area (Å²) in [6, 6.07) is 7.59. The van der Waals surface area contributed by atoms with Crippen LogP contribution in [0.1, 0.15) is 25.3 Å². The number of sulfonamides is 1. The van der Waals surface area contributed by atoms with Gasteiger partial charge in [0.1, 0.15) is 5.75 Å². The van der Waals surface area contributed by atoms with Gasteiger partial charge >= 0.3 is 0 Å². The van der Waals surface area contributed by atoms with E-state index in [-0.39, 0.29) is 17.6 Å². The third-order valence-electron chi connectivity index (χ3n) is 4.45. The molecule has 1 aliphatic heterocycles. The van der Waals surface area contributed by atoms with Crippen LogP contribution in [0.2, 0.25) is 0 Å². The van der Waals surface area contributed by atoms with Crippen molar-refractivity contribution in [1.29, 1.82) is 0 Å². The van der Waals surface area contributed by atoms with Crippen LogP contribution in [0.5, 0.6) is 5.75 Å². The molecule has 0 saturated carbocycles. The van der Waals surface area contributed by atoms with E-state index in [1.165, 1.54) is 4.31 Å². The van der Waals surface area contributed by atoms with Crippen molar-refractivity contribution in [3.8, 4) is 5.75 Å². The number of nitrogens with zero attached hydrogens (tertiary/aromatic N) is 2. The highest BCUT2D eigenvalue weighted by molar-refractivity contribution is 7.89. The van der Waals surface area contributed by atoms with Crippen LogP contribution >= 0.6 is 0 Å². The predicted octanol–water partition coefficient (Wildman–Crippen LogP) is 1.72. The fourth-order valence-electron chi connectivity index (χ4n) is 2.97. The molecule has 0 radical (unpaired) electrons. The average Bonchev–Trinajstić information content (AvgIpc) is 2.61. The zero-order valence-corrected chi connectivity index (χ0v) is 15.4. The van der Waals surface area contributed by atoms with E-state index in [9.17, 15) is 13.2 Å². The molecule has 1 heterocycles. The number of ether oxygens (including phenoxy) is 1. The van der Waals surface area contributed by atoms with Gasteiger partial charge in [-0.1, -0.05) is 12.1 Å². The summed E-state index contributed by atoms with van der Waals surface area (Å²) in [6.07, 6.45) is 1.47. The first kappa shape index (κ1) is 18.7. The maximum absolute atomic E-state index is 12.7. The quantitative estimate of drug-likeness (QED) is 0.780. The first-order valence-electron chi connectivity index (χ1n) is 8.23. The Morgan fingerprint density at radius 3 is 2.58 bits per heavy atom. The highest BCUT2D eigenvalue weighted by atomic mass is 32.2. The SMILES string of the molecule is CCS(=O)(=O)N1CCCC(C(=O)N(C)Cc2ccc(OC)cc2)C1. The molecule has 1 unspecified atom stereocenters. The summed E-state index contributed by atoms with van der Waals surface area (Å²) in [5, 5.41) is 0. The lowest BCUT2D eigenvalue weighted by Crippen LogP contribution is -2.46. The van der Waals surface area contributed by atoms with Gasteiger partial charge in [0.15, 0.2) is 0 Å². The number of piperidine rings is 1. The molecular formula is C17H26N2O4S. The maximum Gasteiger partial charge on any atom is 0.227 e. The molecule has 1 aliphatic rings. The van der Waals surface area contributed by atoms with Gasteiger partial charge in [-0.15, -0.1) is 0 Å². The first-order chi connectivity index (χ1) is 11.4. The Morgan fingerprint density at radius 1 is 1.33 bits per heavy atom. The van der Waals surface area contributed by atoms with Crippen LogP contribution in [0, 0.1) is 5.92 Å². The molecule has 1 fully saturated rings. The van der Waals surface area contributed by atoms with Crippen molar-refractivity contribution in [2.45, 2.75) is 26.3 Å². The van der Waals surface area contributed by atoms with Crippen LogP contribution in [0.15, 0.2) is 24.3 Å². The van der Waals surface area contributed by atoms with Gasteiger partial charge < -0.3 is 9.64 Å². The molecule has 1 aromatic rings. The van der Waals surface area contributed by atoms with Crippen LogP contribution in [-0.4, -0.2) is 56.5 Å². The molecule has 2 rings (SSSR count). The molecule has 1 amide bonds. The lowest BCUT2D eigenvalue weighted by molar-refractivity contribution is -0.135. The Balaban J connectivity index is 1.99. The maximum atomic E-state index is 12.7. The number of hydrogen-bond acceptors (Lipinski definition) is 4. The van der Waals surface area contributed by atoms with Crippen molar-refractivity contribution < 1.29 is 17.9 Å². The molecule has 0 N–H and O–H groups in total. The summed E-state index contributed by atoms with van der Waals surface area (Å²) < 4.78 is 30.7. The molecule has 1 aromatic carbocycles. The van der Waals surface area contributed by atoms with Crippen LogP contribution in [0.4, 0.5) is 0 Å². The monoisotopic (exact) mass is 354 g/mol. The van der Waals surface area contributed by atoms with E-state index in [4.69, 9.17) is 4.74 Å². The second-order valence-electron chi connectivity index (χ2n) is 6.14. The number of carbonyl (C=O) groups excluding carboxylic acids is 1. The van der Waals surface area contributed by atoms with Gasteiger partial charge in [0.05, 0.1) is 18.8 Å². The smallest absolute Gasteiger partial charge is 0.227 e. The average molecular weight is 354 g/mol. The van der Waals surface area contributed by atoms with E-state index in [0.717, 1.165) is 24.2 Å². The third kappa shape index (κ3) is 4.48. The number of hydrogen-bond donors (Lipinski definition) is 0. The van der Waals surface area contributed by atoms with E-state index < -0.39 is 10.0 Å². The summed E-state index contributed by atoms with van der Waals surface area (Å²) in [4.78, 5) is 14.3. The van der Waals surface area contributed by atoms with Crippen molar-refractivity contribution in [2.24, 2.45) is 5.92 Å². The molecule has 7 heteroatoms. The van der Waals surface area contributed by atoms with E-state index >= 15 is 0 Å². The van der Waals surface area contributed by atoms with Crippen molar-refractivity contribution in [3.05, 3.63) is 29.8 Å². The number of amides is 1. The van der Waals surface area contributed by atoms with Crippen LogP contribution in [-0.2, 0) is 21.4 Å². The zero-order chi connectivity index (χ0) is 17.7. The second-order valence-corrected chi connectivity index (χ2v) is 8.40. The number of benzene rings is 1. The van der Waals surface area contributed by atoms with Crippen molar-refractivity contribution in [3.63, 3.8) is 0 Å². The molecule has 134 valence electrons. The van der Waals surface area contributed by atoms with Crippen molar-refractivity contribution in [1.82, 2.24) is 9.21 Å². The third-order valence-corrected chi connectivity index (χ3v) is 6.29. The van der Waals surface area contributed by atoms with E-state index in [2.05, 4.69) is 0 Å². The van der Waals surface area contributed by atoms with Gasteiger partial charge in [0, 0.05) is 26.7 Å². The lowest BCUT2D eigenvalue weighted by Gasteiger charge is -2.33. The van der Waals surface area contributed by atoms with Crippen molar-refractivity contribution >= 4 is 15.9 Å². The summed E-state index contributed by atoms with van der Waals surface area (Å²) in [5.74, 6) is 0.598. The molecule has 6 nitrogen and oxygen atoms in total. The van der Waals surface area contributed by atoms with Crippen molar-refractivity contribution in [2.75, 3.05) is 33.0 Å². The first-order valence-corrected chi connectivity index (χ1v) is 9.84. The normalized spacial score (nSPS) is 19.0. The number of methoxy groups -OCH3 is 1. The lowest BCUT2D eigenvalue weighted by atomic mass is 9.98. The van der Waals surface area contributed by atoms with E-state index in [1.54, 1.807) is 26.0 Å². The van der Waals surface area contributed by atoms with Gasteiger partial charge in [-0.2, -0.15) is 0 Å². The van der Waals surface area contributed by atoms with Crippen LogP contribution in [0.25, 0.3) is 0 Å². The summed E-state index contributed by atoms with van der Waals surface area (Å²) in [7, 11) is 0.147. The Bertz CT molecular complexity index is 658. The second kappa shape index (κ2) is 7.98.